The fraction of sp³-hybridized carbons (Fsp3) is 0.792. The Bertz CT molecular complexity index is 589. The smallest absolute Gasteiger partial charge is 0.328 e. The van der Waals surface area contributed by atoms with Gasteiger partial charge in [-0.3, -0.25) is 9.59 Å². The van der Waals surface area contributed by atoms with Crippen molar-refractivity contribution in [2.75, 3.05) is 0 Å². The Labute approximate surface area is 192 Å². The molecule has 8 heteroatoms. The van der Waals surface area contributed by atoms with Crippen LogP contribution in [0, 0.1) is 0 Å². The number of rotatable bonds is 19. The van der Waals surface area contributed by atoms with Gasteiger partial charge >= 0.3 is 5.97 Å². The van der Waals surface area contributed by atoms with E-state index in [1.54, 1.807) is 0 Å². The van der Waals surface area contributed by atoms with E-state index in [0.29, 0.717) is 12.8 Å². The van der Waals surface area contributed by atoms with Crippen molar-refractivity contribution in [3.63, 3.8) is 0 Å². The summed E-state index contributed by atoms with van der Waals surface area (Å²) in [6, 6.07) is -1.55. The number of hydrogen-bond acceptors (Lipinski definition) is 5. The van der Waals surface area contributed by atoms with Crippen LogP contribution in [0.4, 0.5) is 0 Å². The van der Waals surface area contributed by atoms with Gasteiger partial charge in [0.1, 0.15) is 11.5 Å². The van der Waals surface area contributed by atoms with Crippen molar-refractivity contribution in [2.45, 2.75) is 123 Å². The number of aliphatic carboxylic acids is 1. The second kappa shape index (κ2) is 18.5. The molecule has 0 saturated carbocycles. The van der Waals surface area contributed by atoms with Gasteiger partial charge in [-0.2, -0.15) is 0 Å². The third-order valence-electron chi connectivity index (χ3n) is 5.34. The Balaban J connectivity index is 4.75. The second-order valence-corrected chi connectivity index (χ2v) is 8.44. The number of amides is 2. The largest absolute Gasteiger partial charge is 0.510 e. The fourth-order valence-electron chi connectivity index (χ4n) is 3.33. The molecule has 186 valence electrons. The van der Waals surface area contributed by atoms with Gasteiger partial charge in [0.2, 0.25) is 5.91 Å². The molecule has 2 atom stereocenters. The van der Waals surface area contributed by atoms with E-state index < -0.39 is 29.9 Å². The Kier molecular flexibility index (Phi) is 17.3. The first-order valence-corrected chi connectivity index (χ1v) is 12.2. The molecule has 2 unspecified atom stereocenters. The van der Waals surface area contributed by atoms with E-state index >= 15 is 0 Å². The number of carbonyl (C=O) groups excluding carboxylic acids is 2. The molecule has 0 bridgehead atoms. The highest BCUT2D eigenvalue weighted by Gasteiger charge is 2.28. The summed E-state index contributed by atoms with van der Waals surface area (Å²) >= 11 is 0. The van der Waals surface area contributed by atoms with Crippen LogP contribution in [0.3, 0.4) is 0 Å². The van der Waals surface area contributed by atoms with Crippen molar-refractivity contribution in [3.05, 3.63) is 11.5 Å². The number of carbonyl (C=O) groups is 3. The molecule has 0 rings (SSSR count). The van der Waals surface area contributed by atoms with E-state index in [4.69, 9.17) is 0 Å². The first-order chi connectivity index (χ1) is 15.2. The van der Waals surface area contributed by atoms with Gasteiger partial charge < -0.3 is 26.0 Å². The number of aliphatic hydroxyl groups is 2. The van der Waals surface area contributed by atoms with Gasteiger partial charge in [-0.25, -0.2) is 4.79 Å². The van der Waals surface area contributed by atoms with Crippen LogP contribution in [0.1, 0.15) is 111 Å². The van der Waals surface area contributed by atoms with Crippen LogP contribution in [-0.2, 0) is 14.4 Å². The maximum atomic E-state index is 12.6. The summed E-state index contributed by atoms with van der Waals surface area (Å²) < 4.78 is 0. The predicted octanol–water partition coefficient (Wildman–Crippen LogP) is 4.32. The predicted molar refractivity (Wildman–Crippen MR) is 125 cm³/mol. The highest BCUT2D eigenvalue weighted by atomic mass is 16.4. The zero-order valence-electron chi connectivity index (χ0n) is 20.1. The van der Waals surface area contributed by atoms with Gasteiger partial charge in [0.15, 0.2) is 6.04 Å². The lowest BCUT2D eigenvalue weighted by Gasteiger charge is -2.19. The van der Waals surface area contributed by atoms with Crippen LogP contribution in [0.5, 0.6) is 0 Å². The average molecular weight is 457 g/mol. The zero-order chi connectivity index (χ0) is 24.4. The minimum absolute atomic E-state index is 0.196. The van der Waals surface area contributed by atoms with E-state index in [9.17, 15) is 29.7 Å². The molecule has 0 heterocycles. The van der Waals surface area contributed by atoms with Crippen LogP contribution in [0.15, 0.2) is 11.5 Å². The van der Waals surface area contributed by atoms with E-state index in [-0.39, 0.29) is 24.3 Å². The molecule has 0 aliphatic rings. The molecule has 32 heavy (non-hydrogen) atoms. The Morgan fingerprint density at radius 1 is 0.750 bits per heavy atom. The number of nitrogens with one attached hydrogen (secondary N) is 2. The molecule has 0 aliphatic carbocycles. The summed E-state index contributed by atoms with van der Waals surface area (Å²) in [6.45, 7) is 5.44. The summed E-state index contributed by atoms with van der Waals surface area (Å²) in [5.74, 6) is -3.01. The third kappa shape index (κ3) is 14.1. The topological polar surface area (TPSA) is 136 Å². The number of unbranched alkanes of at least 4 members (excludes halogenated alkanes) is 10. The SMILES string of the molecule is CCCCCCCCCCCC(=O)N/C(C(=O)NC(C(=O)O)C(C)O)=C(/O)CCCCC. The molecule has 0 aliphatic heterocycles. The van der Waals surface area contributed by atoms with Crippen LogP contribution >= 0.6 is 0 Å². The zero-order valence-corrected chi connectivity index (χ0v) is 20.1. The normalized spacial score (nSPS) is 13.8. The monoisotopic (exact) mass is 456 g/mol. The van der Waals surface area contributed by atoms with Crippen molar-refractivity contribution in [1.29, 1.82) is 0 Å². The molecule has 5 N–H and O–H groups in total. The highest BCUT2D eigenvalue weighted by Crippen LogP contribution is 2.13. The Morgan fingerprint density at radius 3 is 1.72 bits per heavy atom. The fourth-order valence-corrected chi connectivity index (χ4v) is 3.33. The van der Waals surface area contributed by atoms with Crippen LogP contribution in [0.25, 0.3) is 0 Å². The van der Waals surface area contributed by atoms with Crippen molar-refractivity contribution in [1.82, 2.24) is 10.6 Å². The van der Waals surface area contributed by atoms with Gasteiger partial charge in [0, 0.05) is 12.8 Å². The summed E-state index contributed by atoms with van der Waals surface area (Å²) in [4.78, 5) is 36.2. The van der Waals surface area contributed by atoms with E-state index in [0.717, 1.165) is 32.1 Å². The number of carboxylic acids is 1. The number of hydrogen-bond donors (Lipinski definition) is 5. The van der Waals surface area contributed by atoms with Crippen LogP contribution < -0.4 is 10.6 Å². The molecule has 0 fully saturated rings. The maximum Gasteiger partial charge on any atom is 0.328 e. The van der Waals surface area contributed by atoms with Gasteiger partial charge in [-0.15, -0.1) is 0 Å². The Morgan fingerprint density at radius 2 is 1.22 bits per heavy atom. The lowest BCUT2D eigenvalue weighted by atomic mass is 10.1. The molecule has 8 nitrogen and oxygen atoms in total. The molecule has 0 aromatic rings. The summed E-state index contributed by atoms with van der Waals surface area (Å²) in [6.07, 6.45) is 11.5. The molecular weight excluding hydrogens is 412 g/mol. The van der Waals surface area contributed by atoms with E-state index in [1.165, 1.54) is 39.0 Å². The van der Waals surface area contributed by atoms with Gasteiger partial charge in [-0.1, -0.05) is 78.1 Å². The van der Waals surface area contributed by atoms with E-state index in [1.807, 2.05) is 6.92 Å². The summed E-state index contributed by atoms with van der Waals surface area (Å²) in [5, 5.41) is 33.8. The lowest BCUT2D eigenvalue weighted by Crippen LogP contribution is -2.50. The highest BCUT2D eigenvalue weighted by molar-refractivity contribution is 5.99. The second-order valence-electron chi connectivity index (χ2n) is 8.44. The molecule has 0 spiro atoms. The summed E-state index contributed by atoms with van der Waals surface area (Å²) in [5.41, 5.74) is -0.339. The van der Waals surface area contributed by atoms with Crippen molar-refractivity contribution in [3.8, 4) is 0 Å². The van der Waals surface area contributed by atoms with Crippen molar-refractivity contribution in [2.24, 2.45) is 0 Å². The number of aliphatic hydroxyl groups excluding tert-OH is 2. The standard InChI is InChI=1S/C24H44N2O6/c1-4-6-8-9-10-11-12-13-15-17-20(29)25-22(19(28)16-14-7-5-2)23(30)26-21(18(3)27)24(31)32/h18,21,27-28H,4-17H2,1-3H3,(H,25,29)(H,26,30)(H,31,32)/b22-19+. The number of carboxylic acid groups (broad SMARTS) is 1. The lowest BCUT2D eigenvalue weighted by molar-refractivity contribution is -0.144. The van der Waals surface area contributed by atoms with E-state index in [2.05, 4.69) is 17.6 Å². The molecule has 0 saturated heterocycles. The third-order valence-corrected chi connectivity index (χ3v) is 5.34. The van der Waals surface area contributed by atoms with Crippen LogP contribution in [-0.4, -0.2) is 45.2 Å². The van der Waals surface area contributed by atoms with Gasteiger partial charge in [-0.05, 0) is 19.8 Å². The summed E-state index contributed by atoms with van der Waals surface area (Å²) in [7, 11) is 0. The van der Waals surface area contributed by atoms with Gasteiger partial charge in [0.25, 0.3) is 5.91 Å². The number of allylic oxidation sites excluding steroid dienone is 1. The minimum Gasteiger partial charge on any atom is -0.510 e. The molecule has 0 radical (unpaired) electrons. The van der Waals surface area contributed by atoms with Crippen molar-refractivity contribution >= 4 is 17.8 Å². The van der Waals surface area contributed by atoms with Crippen molar-refractivity contribution < 1.29 is 29.7 Å². The molecule has 0 aromatic carbocycles. The molecule has 2 amide bonds. The Hall–Kier alpha value is -2.09. The maximum absolute atomic E-state index is 12.6. The van der Waals surface area contributed by atoms with Crippen LogP contribution in [0.2, 0.25) is 0 Å². The quantitative estimate of drug-likeness (QED) is 0.112. The minimum atomic E-state index is -1.55. The first-order valence-electron chi connectivity index (χ1n) is 12.2. The first kappa shape index (κ1) is 29.9. The average Bonchev–Trinajstić information content (AvgIpc) is 2.74. The molecule has 0 aromatic heterocycles. The van der Waals surface area contributed by atoms with Gasteiger partial charge in [0.05, 0.1) is 6.10 Å². The molecular formula is C24H44N2O6.